The number of halogens is 1. The van der Waals surface area contributed by atoms with Crippen LogP contribution in [0, 0.1) is 0 Å². The predicted octanol–water partition coefficient (Wildman–Crippen LogP) is 1.82. The monoisotopic (exact) mass is 165 g/mol. The van der Waals surface area contributed by atoms with E-state index in [1.165, 1.54) is 0 Å². The standard InChI is InChI=1S/C6H12ClNS/c7-3-1-5-9-6-2-4-8/h1,3H,2,4-6,8H2. The molecule has 0 aromatic heterocycles. The van der Waals surface area contributed by atoms with Crippen LogP contribution in [0.25, 0.3) is 0 Å². The Morgan fingerprint density at radius 3 is 2.89 bits per heavy atom. The smallest absolute Gasteiger partial charge is 0.0125 e. The van der Waals surface area contributed by atoms with E-state index in [0.717, 1.165) is 24.5 Å². The Balaban J connectivity index is 2.75. The lowest BCUT2D eigenvalue weighted by atomic mass is 10.5. The third kappa shape index (κ3) is 8.34. The minimum absolute atomic E-state index is 0.789. The lowest BCUT2D eigenvalue weighted by Crippen LogP contribution is -1.99. The summed E-state index contributed by atoms with van der Waals surface area (Å²) in [5.41, 5.74) is 6.84. The lowest BCUT2D eigenvalue weighted by Gasteiger charge is -1.92. The largest absolute Gasteiger partial charge is 0.330 e. The van der Waals surface area contributed by atoms with Gasteiger partial charge in [-0.2, -0.15) is 11.8 Å². The van der Waals surface area contributed by atoms with Crippen LogP contribution >= 0.6 is 23.4 Å². The van der Waals surface area contributed by atoms with Gasteiger partial charge in [0, 0.05) is 11.3 Å². The summed E-state index contributed by atoms with van der Waals surface area (Å²) in [7, 11) is 0. The quantitative estimate of drug-likeness (QED) is 0.629. The maximum atomic E-state index is 5.30. The first-order valence-electron chi connectivity index (χ1n) is 2.95. The summed E-state index contributed by atoms with van der Waals surface area (Å²) in [5.74, 6) is 2.14. The Morgan fingerprint density at radius 2 is 2.33 bits per heavy atom. The second-order valence-corrected chi connectivity index (χ2v) is 2.98. The van der Waals surface area contributed by atoms with Gasteiger partial charge < -0.3 is 5.73 Å². The normalized spacial score (nSPS) is 10.9. The molecule has 9 heavy (non-hydrogen) atoms. The van der Waals surface area contributed by atoms with Crippen LogP contribution in [-0.4, -0.2) is 18.1 Å². The van der Waals surface area contributed by atoms with Gasteiger partial charge in [0.05, 0.1) is 0 Å². The predicted molar refractivity (Wildman–Crippen MR) is 46.0 cm³/mol. The van der Waals surface area contributed by atoms with Crippen LogP contribution in [0.4, 0.5) is 0 Å². The minimum Gasteiger partial charge on any atom is -0.330 e. The molecule has 0 saturated carbocycles. The van der Waals surface area contributed by atoms with Crippen molar-refractivity contribution in [3.63, 3.8) is 0 Å². The van der Waals surface area contributed by atoms with Crippen LogP contribution < -0.4 is 5.73 Å². The van der Waals surface area contributed by atoms with Gasteiger partial charge in [0.15, 0.2) is 0 Å². The van der Waals surface area contributed by atoms with Crippen LogP contribution in [0.2, 0.25) is 0 Å². The Bertz CT molecular complexity index is 75.5. The topological polar surface area (TPSA) is 26.0 Å². The highest BCUT2D eigenvalue weighted by Crippen LogP contribution is 2.01. The van der Waals surface area contributed by atoms with Crippen molar-refractivity contribution in [2.75, 3.05) is 18.1 Å². The van der Waals surface area contributed by atoms with E-state index in [2.05, 4.69) is 0 Å². The van der Waals surface area contributed by atoms with Gasteiger partial charge in [-0.25, -0.2) is 0 Å². The van der Waals surface area contributed by atoms with E-state index in [0.29, 0.717) is 0 Å². The minimum atomic E-state index is 0.789. The number of hydrogen-bond acceptors (Lipinski definition) is 2. The molecule has 0 heterocycles. The van der Waals surface area contributed by atoms with Gasteiger partial charge >= 0.3 is 0 Å². The van der Waals surface area contributed by atoms with E-state index in [1.54, 1.807) is 5.54 Å². The van der Waals surface area contributed by atoms with E-state index < -0.39 is 0 Å². The highest BCUT2D eigenvalue weighted by Gasteiger charge is 1.82. The Kier molecular flexibility index (Phi) is 8.66. The third-order valence-corrected chi connectivity index (χ3v) is 1.98. The first-order chi connectivity index (χ1) is 4.41. The molecular weight excluding hydrogens is 154 g/mol. The number of nitrogens with two attached hydrogens (primary N) is 1. The van der Waals surface area contributed by atoms with Gasteiger partial charge in [-0.1, -0.05) is 17.7 Å². The Morgan fingerprint density at radius 1 is 1.56 bits per heavy atom. The van der Waals surface area contributed by atoms with Gasteiger partial charge in [-0.05, 0) is 18.7 Å². The average Bonchev–Trinajstić information content (AvgIpc) is 1.89. The Hall–Kier alpha value is 0.340. The number of rotatable bonds is 5. The molecule has 0 aromatic carbocycles. The van der Waals surface area contributed by atoms with Crippen LogP contribution in [0.3, 0.4) is 0 Å². The molecule has 2 N–H and O–H groups in total. The zero-order chi connectivity index (χ0) is 6.95. The molecule has 0 radical (unpaired) electrons. The van der Waals surface area contributed by atoms with Crippen LogP contribution in [0.15, 0.2) is 11.6 Å². The fraction of sp³-hybridized carbons (Fsp3) is 0.667. The number of thioether (sulfide) groups is 1. The van der Waals surface area contributed by atoms with Crippen molar-refractivity contribution in [2.45, 2.75) is 6.42 Å². The lowest BCUT2D eigenvalue weighted by molar-refractivity contribution is 0.944. The van der Waals surface area contributed by atoms with Crippen molar-refractivity contribution >= 4 is 23.4 Å². The SMILES string of the molecule is NCCCSCC=CCl. The molecule has 0 aliphatic carbocycles. The molecule has 0 aromatic rings. The summed E-state index contributed by atoms with van der Waals surface area (Å²) in [6.45, 7) is 0.789. The maximum absolute atomic E-state index is 5.30. The highest BCUT2D eigenvalue weighted by atomic mass is 35.5. The summed E-state index contributed by atoms with van der Waals surface area (Å²) in [4.78, 5) is 0. The van der Waals surface area contributed by atoms with Gasteiger partial charge in [0.1, 0.15) is 0 Å². The van der Waals surface area contributed by atoms with Crippen LogP contribution in [-0.2, 0) is 0 Å². The zero-order valence-electron chi connectivity index (χ0n) is 5.35. The first-order valence-corrected chi connectivity index (χ1v) is 4.54. The molecule has 0 aliphatic heterocycles. The Labute approximate surface area is 65.6 Å². The van der Waals surface area contributed by atoms with Gasteiger partial charge in [0.2, 0.25) is 0 Å². The molecule has 0 spiro atoms. The van der Waals surface area contributed by atoms with Gasteiger partial charge in [-0.15, -0.1) is 0 Å². The van der Waals surface area contributed by atoms with Crippen molar-refractivity contribution in [2.24, 2.45) is 5.73 Å². The van der Waals surface area contributed by atoms with E-state index >= 15 is 0 Å². The molecule has 0 rings (SSSR count). The fourth-order valence-corrected chi connectivity index (χ4v) is 1.34. The van der Waals surface area contributed by atoms with Crippen LogP contribution in [0.1, 0.15) is 6.42 Å². The number of hydrogen-bond donors (Lipinski definition) is 1. The molecular formula is C6H12ClNS. The van der Waals surface area contributed by atoms with Crippen molar-refractivity contribution in [3.8, 4) is 0 Å². The molecule has 1 nitrogen and oxygen atoms in total. The van der Waals surface area contributed by atoms with Gasteiger partial charge in [-0.3, -0.25) is 0 Å². The molecule has 54 valence electrons. The summed E-state index contributed by atoms with van der Waals surface area (Å²) in [6.07, 6.45) is 3.03. The van der Waals surface area contributed by atoms with E-state index in [9.17, 15) is 0 Å². The van der Waals surface area contributed by atoms with Crippen molar-refractivity contribution < 1.29 is 0 Å². The molecule has 0 amide bonds. The molecule has 0 bridgehead atoms. The summed E-state index contributed by atoms with van der Waals surface area (Å²) in [5, 5.41) is 0. The molecule has 0 unspecified atom stereocenters. The summed E-state index contributed by atoms with van der Waals surface area (Å²) in [6, 6.07) is 0. The molecule has 0 atom stereocenters. The van der Waals surface area contributed by atoms with Gasteiger partial charge in [0.25, 0.3) is 0 Å². The van der Waals surface area contributed by atoms with Crippen molar-refractivity contribution in [3.05, 3.63) is 11.6 Å². The second-order valence-electron chi connectivity index (χ2n) is 1.58. The van der Waals surface area contributed by atoms with Crippen molar-refractivity contribution in [1.82, 2.24) is 0 Å². The van der Waals surface area contributed by atoms with E-state index in [4.69, 9.17) is 17.3 Å². The second kappa shape index (κ2) is 8.34. The molecule has 0 saturated heterocycles. The first kappa shape index (κ1) is 9.34. The highest BCUT2D eigenvalue weighted by molar-refractivity contribution is 7.99. The molecule has 3 heteroatoms. The molecule has 0 aliphatic rings. The maximum Gasteiger partial charge on any atom is 0.0125 e. The zero-order valence-corrected chi connectivity index (χ0v) is 6.92. The summed E-state index contributed by atoms with van der Waals surface area (Å²) >= 11 is 7.15. The van der Waals surface area contributed by atoms with Crippen molar-refractivity contribution in [1.29, 1.82) is 0 Å². The summed E-state index contributed by atoms with van der Waals surface area (Å²) < 4.78 is 0. The van der Waals surface area contributed by atoms with E-state index in [-0.39, 0.29) is 0 Å². The van der Waals surface area contributed by atoms with E-state index in [1.807, 2.05) is 17.8 Å². The third-order valence-electron chi connectivity index (χ3n) is 0.796. The fourth-order valence-electron chi connectivity index (χ4n) is 0.373. The average molecular weight is 166 g/mol. The van der Waals surface area contributed by atoms with Crippen LogP contribution in [0.5, 0.6) is 0 Å². The molecule has 0 fully saturated rings.